The molecule has 0 saturated heterocycles. The Kier molecular flexibility index (Phi) is 6.26. The zero-order valence-electron chi connectivity index (χ0n) is 15.7. The molecule has 0 bridgehead atoms. The first-order valence-corrected chi connectivity index (χ1v) is 9.54. The third kappa shape index (κ3) is 4.85. The van der Waals surface area contributed by atoms with Gasteiger partial charge in [-0.2, -0.15) is 0 Å². The van der Waals surface area contributed by atoms with Gasteiger partial charge in [-0.05, 0) is 75.0 Å². The maximum atomic E-state index is 13.8. The summed E-state index contributed by atoms with van der Waals surface area (Å²) in [7, 11) is 0. The van der Waals surface area contributed by atoms with Crippen molar-refractivity contribution in [3.63, 3.8) is 0 Å². The fraction of sp³-hybridized carbons (Fsp3) is 0.250. The number of aryl methyl sites for hydroxylation is 1. The van der Waals surface area contributed by atoms with Crippen LogP contribution in [0.4, 0.5) is 10.1 Å². The maximum Gasteiger partial charge on any atom is 0.247 e. The van der Waals surface area contributed by atoms with Crippen LogP contribution in [0.2, 0.25) is 5.02 Å². The van der Waals surface area contributed by atoms with Crippen molar-refractivity contribution in [1.29, 1.82) is 0 Å². The lowest BCUT2D eigenvalue weighted by molar-refractivity contribution is 0.309. The molecule has 0 aliphatic heterocycles. The molecule has 1 aromatic heterocycles. The zero-order chi connectivity index (χ0) is 20.3. The fourth-order valence-corrected chi connectivity index (χ4v) is 3.05. The molecular weight excluding hydrogens is 399 g/mol. The lowest BCUT2D eigenvalue weighted by Gasteiger charge is -2.28. The molecule has 0 saturated carbocycles. The van der Waals surface area contributed by atoms with E-state index in [-0.39, 0.29) is 11.9 Å². The van der Waals surface area contributed by atoms with E-state index in [4.69, 9.17) is 28.2 Å². The summed E-state index contributed by atoms with van der Waals surface area (Å²) in [6, 6.07) is 12.1. The smallest absolute Gasteiger partial charge is 0.247 e. The summed E-state index contributed by atoms with van der Waals surface area (Å²) >= 11 is 11.4. The normalized spacial score (nSPS) is 10.9. The number of thiocarbonyl (C=S) groups is 1. The van der Waals surface area contributed by atoms with E-state index in [9.17, 15) is 4.39 Å². The van der Waals surface area contributed by atoms with Crippen LogP contribution in [-0.2, 0) is 6.54 Å². The Bertz CT molecular complexity index is 975. The second-order valence-corrected chi connectivity index (χ2v) is 7.45. The molecule has 8 heteroatoms. The van der Waals surface area contributed by atoms with Crippen molar-refractivity contribution in [2.24, 2.45) is 0 Å². The van der Waals surface area contributed by atoms with Crippen molar-refractivity contribution in [2.45, 2.75) is 33.4 Å². The first kappa shape index (κ1) is 20.2. The number of hydrogen-bond donors (Lipinski definition) is 1. The van der Waals surface area contributed by atoms with E-state index in [1.54, 1.807) is 31.2 Å². The molecule has 0 fully saturated rings. The van der Waals surface area contributed by atoms with E-state index in [1.807, 2.05) is 30.9 Å². The molecule has 0 amide bonds. The van der Waals surface area contributed by atoms with Crippen LogP contribution in [0, 0.1) is 12.7 Å². The van der Waals surface area contributed by atoms with Gasteiger partial charge in [0.15, 0.2) is 5.11 Å². The van der Waals surface area contributed by atoms with Gasteiger partial charge < -0.3 is 14.6 Å². The zero-order valence-corrected chi connectivity index (χ0v) is 17.3. The molecule has 28 heavy (non-hydrogen) atoms. The van der Waals surface area contributed by atoms with Crippen LogP contribution in [0.3, 0.4) is 0 Å². The molecule has 1 heterocycles. The highest BCUT2D eigenvalue weighted by molar-refractivity contribution is 7.80. The van der Waals surface area contributed by atoms with E-state index in [0.29, 0.717) is 39.7 Å². The lowest BCUT2D eigenvalue weighted by atomic mass is 10.2. The Morgan fingerprint density at radius 3 is 2.57 bits per heavy atom. The third-order valence-corrected chi connectivity index (χ3v) is 4.76. The maximum absolute atomic E-state index is 13.8. The first-order valence-electron chi connectivity index (χ1n) is 8.75. The molecule has 0 aliphatic rings. The summed E-state index contributed by atoms with van der Waals surface area (Å²) in [5.74, 6) is 0.557. The van der Waals surface area contributed by atoms with Gasteiger partial charge in [-0.15, -0.1) is 10.2 Å². The molecule has 5 nitrogen and oxygen atoms in total. The van der Waals surface area contributed by atoms with Crippen LogP contribution in [0.15, 0.2) is 46.9 Å². The van der Waals surface area contributed by atoms with Crippen molar-refractivity contribution in [1.82, 2.24) is 15.1 Å². The standard InChI is InChI=1S/C20H20ClFN4OS/c1-12(2)26(20(28)23-16-9-4-13(3)17(22)10-16)11-18-24-25-19(27-18)14-5-7-15(21)8-6-14/h4-10,12H,11H2,1-3H3,(H,23,28). The Morgan fingerprint density at radius 1 is 1.21 bits per heavy atom. The lowest BCUT2D eigenvalue weighted by Crippen LogP contribution is -2.39. The molecule has 0 radical (unpaired) electrons. The topological polar surface area (TPSA) is 54.2 Å². The predicted molar refractivity (Wildman–Crippen MR) is 113 cm³/mol. The highest BCUT2D eigenvalue weighted by atomic mass is 35.5. The minimum absolute atomic E-state index is 0.0705. The molecule has 0 aliphatic carbocycles. The summed E-state index contributed by atoms with van der Waals surface area (Å²) in [5.41, 5.74) is 1.96. The van der Waals surface area contributed by atoms with Gasteiger partial charge >= 0.3 is 0 Å². The molecule has 1 N–H and O–H groups in total. The average Bonchev–Trinajstić information content (AvgIpc) is 3.12. The van der Waals surface area contributed by atoms with E-state index in [2.05, 4.69) is 15.5 Å². The highest BCUT2D eigenvalue weighted by Gasteiger charge is 2.18. The number of hydrogen-bond acceptors (Lipinski definition) is 4. The number of halogens is 2. The number of nitrogens with one attached hydrogen (secondary N) is 1. The van der Waals surface area contributed by atoms with Gasteiger partial charge in [0.05, 0.1) is 6.54 Å². The molecular formula is C20H20ClFN4OS. The molecule has 3 rings (SSSR count). The van der Waals surface area contributed by atoms with Crippen LogP contribution in [0.25, 0.3) is 11.5 Å². The van der Waals surface area contributed by atoms with E-state index >= 15 is 0 Å². The van der Waals surface area contributed by atoms with Gasteiger partial charge in [-0.1, -0.05) is 17.7 Å². The van der Waals surface area contributed by atoms with Crippen LogP contribution in [0.1, 0.15) is 25.3 Å². The summed E-state index contributed by atoms with van der Waals surface area (Å²) < 4.78 is 19.6. The van der Waals surface area contributed by atoms with Crippen molar-refractivity contribution in [2.75, 3.05) is 5.32 Å². The van der Waals surface area contributed by atoms with Crippen LogP contribution >= 0.6 is 23.8 Å². The van der Waals surface area contributed by atoms with Gasteiger partial charge in [0.25, 0.3) is 0 Å². The molecule has 0 atom stereocenters. The Labute approximate surface area is 173 Å². The van der Waals surface area contributed by atoms with Gasteiger partial charge in [0.1, 0.15) is 5.82 Å². The van der Waals surface area contributed by atoms with Gasteiger partial charge in [0.2, 0.25) is 11.8 Å². The van der Waals surface area contributed by atoms with Crippen LogP contribution < -0.4 is 5.32 Å². The van der Waals surface area contributed by atoms with E-state index in [1.165, 1.54) is 6.07 Å². The summed E-state index contributed by atoms with van der Waals surface area (Å²) in [6.07, 6.45) is 0. The SMILES string of the molecule is Cc1ccc(NC(=S)N(Cc2nnc(-c3ccc(Cl)cc3)o2)C(C)C)cc1F. The Hall–Kier alpha value is -2.51. The third-order valence-electron chi connectivity index (χ3n) is 4.17. The van der Waals surface area contributed by atoms with Crippen LogP contribution in [0.5, 0.6) is 0 Å². The second kappa shape index (κ2) is 8.67. The average molecular weight is 419 g/mol. The molecule has 146 valence electrons. The van der Waals surface area contributed by atoms with E-state index in [0.717, 1.165) is 5.56 Å². The number of nitrogens with zero attached hydrogens (tertiary/aromatic N) is 3. The first-order chi connectivity index (χ1) is 13.3. The molecule has 0 unspecified atom stereocenters. The minimum Gasteiger partial charge on any atom is -0.419 e. The number of aromatic nitrogens is 2. The van der Waals surface area contributed by atoms with Crippen molar-refractivity contribution >= 4 is 34.6 Å². The highest BCUT2D eigenvalue weighted by Crippen LogP contribution is 2.21. The van der Waals surface area contributed by atoms with Crippen molar-refractivity contribution in [3.8, 4) is 11.5 Å². The molecule has 0 spiro atoms. The molecule has 3 aromatic rings. The fourth-order valence-electron chi connectivity index (χ4n) is 2.53. The summed E-state index contributed by atoms with van der Waals surface area (Å²) in [5, 5.41) is 12.4. The quantitative estimate of drug-likeness (QED) is 0.556. The predicted octanol–water partition coefficient (Wildman–Crippen LogP) is 5.44. The minimum atomic E-state index is -0.284. The van der Waals surface area contributed by atoms with Gasteiger partial charge in [-0.25, -0.2) is 4.39 Å². The van der Waals surface area contributed by atoms with E-state index < -0.39 is 0 Å². The summed E-state index contributed by atoms with van der Waals surface area (Å²) in [4.78, 5) is 1.90. The Morgan fingerprint density at radius 2 is 1.93 bits per heavy atom. The number of anilines is 1. The number of rotatable bonds is 5. The number of benzene rings is 2. The van der Waals surface area contributed by atoms with Crippen molar-refractivity contribution in [3.05, 3.63) is 64.8 Å². The van der Waals surface area contributed by atoms with Crippen LogP contribution in [-0.4, -0.2) is 26.3 Å². The summed E-state index contributed by atoms with van der Waals surface area (Å²) in [6.45, 7) is 6.05. The second-order valence-electron chi connectivity index (χ2n) is 6.62. The molecule has 2 aromatic carbocycles. The largest absolute Gasteiger partial charge is 0.419 e. The monoisotopic (exact) mass is 418 g/mol. The van der Waals surface area contributed by atoms with Gasteiger partial charge in [-0.3, -0.25) is 0 Å². The van der Waals surface area contributed by atoms with Crippen molar-refractivity contribution < 1.29 is 8.81 Å². The van der Waals surface area contributed by atoms with Gasteiger partial charge in [0, 0.05) is 22.3 Å². The Balaban J connectivity index is 1.73.